The number of nitrogens with one attached hydrogen (secondary N) is 2. The summed E-state index contributed by atoms with van der Waals surface area (Å²) in [7, 11) is 6.29. The first-order chi connectivity index (χ1) is 13.4. The number of hydrogen-bond donors (Lipinski definition) is 3. The second kappa shape index (κ2) is 9.70. The first-order valence-electron chi connectivity index (χ1n) is 8.69. The molecule has 28 heavy (non-hydrogen) atoms. The number of benzene rings is 2. The van der Waals surface area contributed by atoms with Crippen LogP contribution < -0.4 is 30.6 Å². The molecule has 2 rings (SSSR count). The number of anilines is 3. The van der Waals surface area contributed by atoms with E-state index in [1.165, 1.54) is 0 Å². The van der Waals surface area contributed by atoms with Crippen molar-refractivity contribution in [2.24, 2.45) is 5.73 Å². The number of rotatable bonds is 10. The summed E-state index contributed by atoms with van der Waals surface area (Å²) >= 11 is 0. The Balaban J connectivity index is 2.37. The van der Waals surface area contributed by atoms with Gasteiger partial charge in [-0.25, -0.2) is 0 Å². The van der Waals surface area contributed by atoms with E-state index in [-0.39, 0.29) is 6.04 Å². The maximum Gasteiger partial charge on any atom is 0.250 e. The van der Waals surface area contributed by atoms with Gasteiger partial charge in [0.1, 0.15) is 0 Å². The Morgan fingerprint density at radius 2 is 1.64 bits per heavy atom. The number of primary amides is 1. The van der Waals surface area contributed by atoms with Crippen molar-refractivity contribution in [3.05, 3.63) is 35.9 Å². The van der Waals surface area contributed by atoms with E-state index in [2.05, 4.69) is 10.6 Å². The molecular formula is C20H27N3O5. The van der Waals surface area contributed by atoms with Crippen LogP contribution in [-0.2, 0) is 4.74 Å². The van der Waals surface area contributed by atoms with Gasteiger partial charge in [0, 0.05) is 42.3 Å². The van der Waals surface area contributed by atoms with Crippen molar-refractivity contribution in [3.63, 3.8) is 0 Å². The van der Waals surface area contributed by atoms with Crippen molar-refractivity contribution in [1.29, 1.82) is 0 Å². The summed E-state index contributed by atoms with van der Waals surface area (Å²) in [6.45, 7) is 2.44. The number of nitrogens with two attached hydrogens (primary N) is 1. The third-order valence-corrected chi connectivity index (χ3v) is 4.06. The SMILES string of the molecule is COCC(C)Nc1cc(Nc2cc(OC)c(OC)c(OC)c2)ccc1C(N)=O. The van der Waals surface area contributed by atoms with Crippen molar-refractivity contribution in [1.82, 2.24) is 0 Å². The molecule has 152 valence electrons. The van der Waals surface area contributed by atoms with Crippen LogP contribution in [0.4, 0.5) is 17.1 Å². The Labute approximate surface area is 164 Å². The molecule has 8 heteroatoms. The largest absolute Gasteiger partial charge is 0.493 e. The number of amides is 1. The zero-order valence-corrected chi connectivity index (χ0v) is 16.8. The number of ether oxygens (including phenoxy) is 4. The van der Waals surface area contributed by atoms with Crippen molar-refractivity contribution < 1.29 is 23.7 Å². The second-order valence-electron chi connectivity index (χ2n) is 6.16. The molecule has 0 heterocycles. The molecule has 1 atom stereocenters. The quantitative estimate of drug-likeness (QED) is 0.574. The zero-order valence-electron chi connectivity index (χ0n) is 16.8. The predicted molar refractivity (Wildman–Crippen MR) is 109 cm³/mol. The van der Waals surface area contributed by atoms with Gasteiger partial charge in [0.2, 0.25) is 5.75 Å². The lowest BCUT2D eigenvalue weighted by atomic mass is 10.1. The van der Waals surface area contributed by atoms with Gasteiger partial charge in [-0.2, -0.15) is 0 Å². The van der Waals surface area contributed by atoms with E-state index in [1.54, 1.807) is 52.7 Å². The van der Waals surface area contributed by atoms with Crippen LogP contribution >= 0.6 is 0 Å². The molecule has 0 spiro atoms. The molecule has 1 amide bonds. The summed E-state index contributed by atoms with van der Waals surface area (Å²) in [6, 6.07) is 8.85. The van der Waals surface area contributed by atoms with Gasteiger partial charge in [-0.15, -0.1) is 0 Å². The van der Waals surface area contributed by atoms with Gasteiger partial charge in [-0.05, 0) is 25.1 Å². The third kappa shape index (κ3) is 4.98. The zero-order chi connectivity index (χ0) is 20.7. The van der Waals surface area contributed by atoms with Gasteiger partial charge < -0.3 is 35.3 Å². The predicted octanol–water partition coefficient (Wildman–Crippen LogP) is 3.00. The lowest BCUT2D eigenvalue weighted by molar-refractivity contribution is 0.100. The Morgan fingerprint density at radius 1 is 1.00 bits per heavy atom. The van der Waals surface area contributed by atoms with Crippen molar-refractivity contribution in [2.45, 2.75) is 13.0 Å². The number of hydrogen-bond acceptors (Lipinski definition) is 7. The fourth-order valence-corrected chi connectivity index (χ4v) is 2.83. The molecule has 0 aliphatic carbocycles. The summed E-state index contributed by atoms with van der Waals surface area (Å²) in [6.07, 6.45) is 0. The van der Waals surface area contributed by atoms with Crippen molar-refractivity contribution >= 4 is 23.0 Å². The molecule has 1 unspecified atom stereocenters. The molecule has 0 bridgehead atoms. The molecule has 0 aromatic heterocycles. The fraction of sp³-hybridized carbons (Fsp3) is 0.350. The van der Waals surface area contributed by atoms with Gasteiger partial charge in [0.05, 0.1) is 33.5 Å². The number of carbonyl (C=O) groups is 1. The van der Waals surface area contributed by atoms with Crippen LogP contribution in [0.3, 0.4) is 0 Å². The average molecular weight is 389 g/mol. The van der Waals surface area contributed by atoms with Crippen LogP contribution in [0.1, 0.15) is 17.3 Å². The Morgan fingerprint density at radius 3 is 2.14 bits per heavy atom. The van der Waals surface area contributed by atoms with E-state index in [9.17, 15) is 4.79 Å². The molecule has 2 aromatic carbocycles. The third-order valence-electron chi connectivity index (χ3n) is 4.06. The highest BCUT2D eigenvalue weighted by Gasteiger charge is 2.15. The van der Waals surface area contributed by atoms with E-state index < -0.39 is 5.91 Å². The van der Waals surface area contributed by atoms with Crippen LogP contribution in [0, 0.1) is 0 Å². The molecule has 0 radical (unpaired) electrons. The highest BCUT2D eigenvalue weighted by atomic mass is 16.5. The highest BCUT2D eigenvalue weighted by Crippen LogP contribution is 2.40. The van der Waals surface area contributed by atoms with Gasteiger partial charge in [0.15, 0.2) is 11.5 Å². The standard InChI is InChI=1S/C20H27N3O5/c1-12(11-25-2)22-16-8-13(6-7-15(16)20(21)24)23-14-9-17(26-3)19(28-5)18(10-14)27-4/h6-10,12,22-23H,11H2,1-5H3,(H2,21,24). The second-order valence-corrected chi connectivity index (χ2v) is 6.16. The van der Waals surface area contributed by atoms with Gasteiger partial charge in [-0.3, -0.25) is 4.79 Å². The lowest BCUT2D eigenvalue weighted by Gasteiger charge is -2.19. The minimum absolute atomic E-state index is 0.000440. The monoisotopic (exact) mass is 389 g/mol. The maximum absolute atomic E-state index is 11.8. The Kier molecular flexibility index (Phi) is 7.34. The Hall–Kier alpha value is -3.13. The molecule has 0 saturated carbocycles. The van der Waals surface area contributed by atoms with Crippen LogP contribution in [-0.4, -0.2) is 47.0 Å². The van der Waals surface area contributed by atoms with Gasteiger partial charge in [0.25, 0.3) is 5.91 Å². The van der Waals surface area contributed by atoms with Crippen molar-refractivity contribution in [2.75, 3.05) is 45.7 Å². The summed E-state index contributed by atoms with van der Waals surface area (Å²) in [5.74, 6) is 1.07. The first-order valence-corrected chi connectivity index (χ1v) is 8.69. The molecule has 2 aromatic rings. The molecule has 0 fully saturated rings. The summed E-state index contributed by atoms with van der Waals surface area (Å²) in [4.78, 5) is 11.8. The summed E-state index contributed by atoms with van der Waals surface area (Å²) in [5, 5.41) is 6.52. The molecular weight excluding hydrogens is 362 g/mol. The van der Waals surface area contributed by atoms with Crippen LogP contribution in [0.25, 0.3) is 0 Å². The lowest BCUT2D eigenvalue weighted by Crippen LogP contribution is -2.23. The van der Waals surface area contributed by atoms with Gasteiger partial charge >= 0.3 is 0 Å². The van der Waals surface area contributed by atoms with Crippen molar-refractivity contribution in [3.8, 4) is 17.2 Å². The topological polar surface area (TPSA) is 104 Å². The van der Waals surface area contributed by atoms with Crippen LogP contribution in [0.5, 0.6) is 17.2 Å². The minimum atomic E-state index is -0.508. The number of carbonyl (C=O) groups excluding carboxylic acids is 1. The van der Waals surface area contributed by atoms with E-state index in [1.807, 2.05) is 13.0 Å². The molecule has 8 nitrogen and oxygen atoms in total. The molecule has 0 aliphatic rings. The molecule has 0 saturated heterocycles. The minimum Gasteiger partial charge on any atom is -0.493 e. The fourth-order valence-electron chi connectivity index (χ4n) is 2.83. The van der Waals surface area contributed by atoms with E-state index in [0.29, 0.717) is 35.1 Å². The summed E-state index contributed by atoms with van der Waals surface area (Å²) < 4.78 is 21.2. The van der Waals surface area contributed by atoms with Crippen LogP contribution in [0.15, 0.2) is 30.3 Å². The smallest absolute Gasteiger partial charge is 0.250 e. The molecule has 4 N–H and O–H groups in total. The van der Waals surface area contributed by atoms with E-state index >= 15 is 0 Å². The maximum atomic E-state index is 11.8. The van der Waals surface area contributed by atoms with Crippen LogP contribution in [0.2, 0.25) is 0 Å². The van der Waals surface area contributed by atoms with E-state index in [0.717, 1.165) is 11.4 Å². The summed E-state index contributed by atoms with van der Waals surface area (Å²) in [5.41, 5.74) is 8.01. The normalized spacial score (nSPS) is 11.5. The first kappa shape index (κ1) is 21.2. The Bertz CT molecular complexity index is 800. The molecule has 0 aliphatic heterocycles. The average Bonchev–Trinajstić information content (AvgIpc) is 2.67. The van der Waals surface area contributed by atoms with E-state index in [4.69, 9.17) is 24.7 Å². The van der Waals surface area contributed by atoms with Gasteiger partial charge in [-0.1, -0.05) is 0 Å². The number of methoxy groups -OCH3 is 4. The highest BCUT2D eigenvalue weighted by molar-refractivity contribution is 5.99.